The van der Waals surface area contributed by atoms with Gasteiger partial charge in [0.15, 0.2) is 0 Å². The summed E-state index contributed by atoms with van der Waals surface area (Å²) >= 11 is 0. The zero-order chi connectivity index (χ0) is 11.5. The Balaban J connectivity index is 2.68. The van der Waals surface area contributed by atoms with Crippen molar-refractivity contribution >= 4 is 11.7 Å². The molecule has 0 saturated heterocycles. The number of nitrogens with one attached hydrogen (secondary N) is 1. The lowest BCUT2D eigenvalue weighted by molar-refractivity contribution is -0.274. The van der Waals surface area contributed by atoms with Gasteiger partial charge in [-0.15, -0.1) is 13.2 Å². The molecular weight excluding hydrogens is 213 g/mol. The van der Waals surface area contributed by atoms with Crippen LogP contribution in [-0.4, -0.2) is 12.4 Å². The summed E-state index contributed by atoms with van der Waals surface area (Å²) in [4.78, 5) is 10.4. The number of carbonyl (C=O) groups is 1. The minimum Gasteiger partial charge on any atom is -0.406 e. The van der Waals surface area contributed by atoms with E-state index in [1.165, 1.54) is 6.07 Å². The molecule has 0 aromatic heterocycles. The van der Waals surface area contributed by atoms with Crippen LogP contribution in [0.4, 0.5) is 23.7 Å². The summed E-state index contributed by atoms with van der Waals surface area (Å²) in [5.74, 6) is -0.419. The van der Waals surface area contributed by atoms with Gasteiger partial charge >= 0.3 is 12.4 Å². The van der Waals surface area contributed by atoms with Gasteiger partial charge in [0.2, 0.25) is 0 Å². The molecule has 0 saturated carbocycles. The molecule has 0 bridgehead atoms. The lowest BCUT2D eigenvalue weighted by atomic mass is 10.3. The van der Waals surface area contributed by atoms with E-state index in [0.29, 0.717) is 0 Å². The molecular formula is C8H6F3N2O2. The Labute approximate surface area is 82.8 Å². The number of anilines is 1. The molecule has 1 rings (SSSR count). The second-order valence-electron chi connectivity index (χ2n) is 2.48. The molecule has 4 nitrogen and oxygen atoms in total. The molecule has 0 aliphatic carbocycles. The molecule has 0 aliphatic rings. The topological polar surface area (TPSA) is 64.4 Å². The van der Waals surface area contributed by atoms with Crippen molar-refractivity contribution in [2.75, 3.05) is 5.32 Å². The summed E-state index contributed by atoms with van der Waals surface area (Å²) in [5.41, 5.74) is 4.95. The summed E-state index contributed by atoms with van der Waals surface area (Å²) in [6.45, 7) is 0. The van der Waals surface area contributed by atoms with Crippen molar-refractivity contribution in [1.82, 2.24) is 0 Å². The smallest absolute Gasteiger partial charge is 0.406 e. The van der Waals surface area contributed by atoms with E-state index in [-0.39, 0.29) is 5.69 Å². The summed E-state index contributed by atoms with van der Waals surface area (Å²) < 4.78 is 38.8. The number of carbonyl (C=O) groups excluding carboxylic acids is 1. The Morgan fingerprint density at radius 3 is 2.53 bits per heavy atom. The first-order valence-corrected chi connectivity index (χ1v) is 3.71. The number of urea groups is 1. The van der Waals surface area contributed by atoms with Gasteiger partial charge < -0.3 is 15.8 Å². The number of alkyl halides is 3. The third-order valence-electron chi connectivity index (χ3n) is 1.28. The molecule has 0 heterocycles. The van der Waals surface area contributed by atoms with Crippen molar-refractivity contribution in [1.29, 1.82) is 0 Å². The zero-order valence-electron chi connectivity index (χ0n) is 7.26. The Morgan fingerprint density at radius 2 is 2.13 bits per heavy atom. The van der Waals surface area contributed by atoms with Crippen LogP contribution in [0.3, 0.4) is 0 Å². The number of ether oxygens (including phenoxy) is 1. The normalized spacial score (nSPS) is 10.9. The van der Waals surface area contributed by atoms with Gasteiger partial charge in [-0.2, -0.15) is 0 Å². The predicted octanol–water partition coefficient (Wildman–Crippen LogP) is 1.88. The van der Waals surface area contributed by atoms with Crippen LogP contribution in [0.15, 0.2) is 18.2 Å². The Kier molecular flexibility index (Phi) is 3.03. The SMILES string of the molecule is NC(=O)Nc1[c]cc(OC(F)(F)F)cc1. The maximum atomic E-state index is 11.7. The number of hydrogen-bond acceptors (Lipinski definition) is 2. The van der Waals surface area contributed by atoms with E-state index in [9.17, 15) is 18.0 Å². The van der Waals surface area contributed by atoms with Crippen molar-refractivity contribution < 1.29 is 22.7 Å². The average molecular weight is 219 g/mol. The number of primary amides is 1. The number of amides is 2. The highest BCUT2D eigenvalue weighted by Gasteiger charge is 2.30. The molecule has 15 heavy (non-hydrogen) atoms. The highest BCUT2D eigenvalue weighted by molar-refractivity contribution is 5.87. The van der Waals surface area contributed by atoms with Crippen molar-refractivity contribution in [2.45, 2.75) is 6.36 Å². The number of hydrogen-bond donors (Lipinski definition) is 2. The minimum absolute atomic E-state index is 0.164. The molecule has 0 fully saturated rings. The van der Waals surface area contributed by atoms with Gasteiger partial charge in [-0.1, -0.05) is 0 Å². The second-order valence-corrected chi connectivity index (χ2v) is 2.48. The monoisotopic (exact) mass is 219 g/mol. The van der Waals surface area contributed by atoms with Crippen molar-refractivity contribution in [3.8, 4) is 5.75 Å². The Bertz CT molecular complexity index is 348. The Morgan fingerprint density at radius 1 is 1.47 bits per heavy atom. The maximum Gasteiger partial charge on any atom is 0.573 e. The van der Waals surface area contributed by atoms with Crippen LogP contribution in [0.1, 0.15) is 0 Å². The minimum atomic E-state index is -4.74. The number of rotatable bonds is 2. The molecule has 0 atom stereocenters. The van der Waals surface area contributed by atoms with Crippen LogP contribution in [-0.2, 0) is 0 Å². The van der Waals surface area contributed by atoms with E-state index >= 15 is 0 Å². The fourth-order valence-corrected chi connectivity index (χ4v) is 0.818. The number of nitrogens with two attached hydrogens (primary N) is 1. The van der Waals surface area contributed by atoms with E-state index in [4.69, 9.17) is 5.73 Å². The van der Waals surface area contributed by atoms with E-state index in [2.05, 4.69) is 16.1 Å². The summed E-state index contributed by atoms with van der Waals surface area (Å²) in [5, 5.41) is 2.14. The molecule has 7 heteroatoms. The molecule has 3 N–H and O–H groups in total. The molecule has 1 radical (unpaired) electrons. The number of halogens is 3. The van der Waals surface area contributed by atoms with Crippen molar-refractivity contribution in [2.24, 2.45) is 5.73 Å². The lowest BCUT2D eigenvalue weighted by Gasteiger charge is -2.08. The average Bonchev–Trinajstić information content (AvgIpc) is 2.05. The van der Waals surface area contributed by atoms with Crippen molar-refractivity contribution in [3.63, 3.8) is 0 Å². The molecule has 1 aromatic rings. The van der Waals surface area contributed by atoms with E-state index < -0.39 is 18.1 Å². The van der Waals surface area contributed by atoms with Gasteiger partial charge in [0.25, 0.3) is 0 Å². The van der Waals surface area contributed by atoms with Crippen LogP contribution in [0.25, 0.3) is 0 Å². The zero-order valence-corrected chi connectivity index (χ0v) is 7.26. The first-order chi connectivity index (χ1) is 6.87. The van der Waals surface area contributed by atoms with Gasteiger partial charge in [-0.3, -0.25) is 0 Å². The first-order valence-electron chi connectivity index (χ1n) is 3.71. The standard InChI is InChI=1S/C8H6F3N2O2/c9-8(10,11)15-6-3-1-5(2-4-6)13-7(12)14/h1,3-4H,(H3,12,13,14). The second kappa shape index (κ2) is 4.07. The van der Waals surface area contributed by atoms with Crippen LogP contribution in [0.2, 0.25) is 0 Å². The van der Waals surface area contributed by atoms with E-state index in [0.717, 1.165) is 12.1 Å². The molecule has 0 aliphatic heterocycles. The van der Waals surface area contributed by atoms with E-state index in [1.807, 2.05) is 0 Å². The third-order valence-corrected chi connectivity index (χ3v) is 1.28. The quantitative estimate of drug-likeness (QED) is 0.797. The summed E-state index contributed by atoms with van der Waals surface area (Å²) in [6.07, 6.45) is -4.74. The third kappa shape index (κ3) is 4.21. The lowest BCUT2D eigenvalue weighted by Crippen LogP contribution is -2.19. The van der Waals surface area contributed by atoms with Crippen LogP contribution in [0.5, 0.6) is 5.75 Å². The molecule has 0 spiro atoms. The fraction of sp³-hybridized carbons (Fsp3) is 0.125. The molecule has 81 valence electrons. The van der Waals surface area contributed by atoms with Gasteiger partial charge in [-0.25, -0.2) is 4.79 Å². The maximum absolute atomic E-state index is 11.7. The first kappa shape index (κ1) is 11.2. The van der Waals surface area contributed by atoms with Crippen LogP contribution >= 0.6 is 0 Å². The largest absolute Gasteiger partial charge is 0.573 e. The Hall–Kier alpha value is -1.92. The van der Waals surface area contributed by atoms with E-state index in [1.54, 1.807) is 0 Å². The number of benzene rings is 1. The van der Waals surface area contributed by atoms with Gasteiger partial charge in [-0.05, 0) is 18.2 Å². The highest BCUT2D eigenvalue weighted by atomic mass is 19.4. The molecule has 0 unspecified atom stereocenters. The van der Waals surface area contributed by atoms with Gasteiger partial charge in [0.1, 0.15) is 5.75 Å². The molecule has 1 aromatic carbocycles. The summed E-state index contributed by atoms with van der Waals surface area (Å²) in [7, 11) is 0. The fourth-order valence-electron chi connectivity index (χ4n) is 0.818. The van der Waals surface area contributed by atoms with Crippen LogP contribution < -0.4 is 15.8 Å². The van der Waals surface area contributed by atoms with Crippen molar-refractivity contribution in [3.05, 3.63) is 24.3 Å². The molecule has 2 amide bonds. The highest BCUT2D eigenvalue weighted by Crippen LogP contribution is 2.23. The van der Waals surface area contributed by atoms with Gasteiger partial charge in [0.05, 0.1) is 5.69 Å². The summed E-state index contributed by atoms with van der Waals surface area (Å²) in [6, 6.07) is 4.70. The van der Waals surface area contributed by atoms with Crippen LogP contribution in [0, 0.1) is 6.07 Å². The van der Waals surface area contributed by atoms with Gasteiger partial charge in [0, 0.05) is 6.07 Å². The predicted molar refractivity (Wildman–Crippen MR) is 45.2 cm³/mol.